The highest BCUT2D eigenvalue weighted by Crippen LogP contribution is 2.10. The number of anilines is 1. The van der Waals surface area contributed by atoms with Crippen molar-refractivity contribution in [3.8, 4) is 0 Å². The van der Waals surface area contributed by atoms with Gasteiger partial charge in [-0.1, -0.05) is 29.8 Å². The second-order valence-electron chi connectivity index (χ2n) is 6.48. The van der Waals surface area contributed by atoms with Crippen molar-refractivity contribution in [2.75, 3.05) is 44.7 Å². The van der Waals surface area contributed by atoms with Crippen molar-refractivity contribution in [3.63, 3.8) is 0 Å². The molecule has 0 saturated carbocycles. The lowest BCUT2D eigenvalue weighted by molar-refractivity contribution is 0.0383. The van der Waals surface area contributed by atoms with Crippen molar-refractivity contribution in [2.24, 2.45) is 0 Å². The number of benzene rings is 1. The van der Waals surface area contributed by atoms with E-state index >= 15 is 0 Å². The molecule has 1 amide bonds. The molecule has 3 rings (SSSR count). The van der Waals surface area contributed by atoms with Gasteiger partial charge < -0.3 is 15.4 Å². The van der Waals surface area contributed by atoms with E-state index in [0.717, 1.165) is 45.1 Å². The van der Waals surface area contributed by atoms with Crippen molar-refractivity contribution in [3.05, 3.63) is 59.4 Å². The van der Waals surface area contributed by atoms with Crippen LogP contribution in [0.5, 0.6) is 0 Å². The molecule has 1 aromatic heterocycles. The van der Waals surface area contributed by atoms with Gasteiger partial charge in [0.1, 0.15) is 5.69 Å². The van der Waals surface area contributed by atoms with E-state index in [4.69, 9.17) is 4.74 Å². The number of aryl methyl sites for hydroxylation is 1. The molecule has 1 aromatic carbocycles. The maximum absolute atomic E-state index is 12.2. The summed E-state index contributed by atoms with van der Waals surface area (Å²) in [5, 5.41) is 6.25. The fraction of sp³-hybridized carbons (Fsp3) is 0.400. The average molecular weight is 354 g/mol. The Labute approximate surface area is 154 Å². The van der Waals surface area contributed by atoms with Gasteiger partial charge in [-0.05, 0) is 24.6 Å². The molecular weight excluding hydrogens is 328 g/mol. The summed E-state index contributed by atoms with van der Waals surface area (Å²) in [6.07, 6.45) is 1.70. The number of rotatable bonds is 7. The Morgan fingerprint density at radius 2 is 2.08 bits per heavy atom. The number of ether oxygens (including phenoxy) is 1. The Kier molecular flexibility index (Phi) is 6.57. The van der Waals surface area contributed by atoms with E-state index < -0.39 is 0 Å². The van der Waals surface area contributed by atoms with Crippen LogP contribution in [0.3, 0.4) is 0 Å². The first-order valence-corrected chi connectivity index (χ1v) is 9.04. The summed E-state index contributed by atoms with van der Waals surface area (Å²) >= 11 is 0. The first-order chi connectivity index (χ1) is 12.7. The number of morpholine rings is 1. The molecule has 0 unspecified atom stereocenters. The molecular formula is C20H26N4O2. The Balaban J connectivity index is 1.43. The molecule has 26 heavy (non-hydrogen) atoms. The smallest absolute Gasteiger partial charge is 0.269 e. The lowest BCUT2D eigenvalue weighted by Gasteiger charge is -2.26. The minimum absolute atomic E-state index is 0.136. The van der Waals surface area contributed by atoms with Gasteiger partial charge in [-0.25, -0.2) is 4.98 Å². The molecule has 138 valence electrons. The molecule has 1 aliphatic heterocycles. The first kappa shape index (κ1) is 18.4. The van der Waals surface area contributed by atoms with E-state index in [9.17, 15) is 4.79 Å². The van der Waals surface area contributed by atoms with Crippen LogP contribution in [0.2, 0.25) is 0 Å². The summed E-state index contributed by atoms with van der Waals surface area (Å²) in [7, 11) is 0. The van der Waals surface area contributed by atoms with Gasteiger partial charge >= 0.3 is 0 Å². The second kappa shape index (κ2) is 9.31. The predicted octanol–water partition coefficient (Wildman–Crippen LogP) is 2.06. The van der Waals surface area contributed by atoms with Crippen LogP contribution in [0.15, 0.2) is 42.6 Å². The summed E-state index contributed by atoms with van der Waals surface area (Å²) in [4.78, 5) is 18.7. The number of hydrogen-bond donors (Lipinski definition) is 2. The fourth-order valence-corrected chi connectivity index (χ4v) is 2.90. The van der Waals surface area contributed by atoms with Crippen molar-refractivity contribution >= 4 is 11.6 Å². The van der Waals surface area contributed by atoms with Crippen LogP contribution in [0.4, 0.5) is 5.69 Å². The number of pyridine rings is 1. The summed E-state index contributed by atoms with van der Waals surface area (Å²) in [6, 6.07) is 12.0. The lowest BCUT2D eigenvalue weighted by Crippen LogP contribution is -2.41. The third-order valence-electron chi connectivity index (χ3n) is 4.39. The first-order valence-electron chi connectivity index (χ1n) is 9.04. The van der Waals surface area contributed by atoms with Crippen LogP contribution in [-0.2, 0) is 11.3 Å². The fourth-order valence-electron chi connectivity index (χ4n) is 2.90. The van der Waals surface area contributed by atoms with Gasteiger partial charge in [0.05, 0.1) is 25.1 Å². The summed E-state index contributed by atoms with van der Waals surface area (Å²) < 4.78 is 5.32. The van der Waals surface area contributed by atoms with Crippen molar-refractivity contribution < 1.29 is 9.53 Å². The molecule has 1 fully saturated rings. The quantitative estimate of drug-likeness (QED) is 0.797. The third kappa shape index (κ3) is 5.54. The number of nitrogens with one attached hydrogen (secondary N) is 2. The van der Waals surface area contributed by atoms with Gasteiger partial charge in [-0.2, -0.15) is 0 Å². The Hall–Kier alpha value is -2.44. The monoisotopic (exact) mass is 354 g/mol. The summed E-state index contributed by atoms with van der Waals surface area (Å²) in [5.74, 6) is -0.136. The molecule has 2 N–H and O–H groups in total. The Morgan fingerprint density at radius 3 is 2.81 bits per heavy atom. The standard InChI is InChI=1S/C20H26N4O2/c1-16-3-2-4-17(13-16)14-22-18-5-6-19(23-15-18)20(25)21-7-8-24-9-11-26-12-10-24/h2-6,13,15,22H,7-12,14H2,1H3,(H,21,25). The molecule has 0 bridgehead atoms. The number of carbonyl (C=O) groups is 1. The highest BCUT2D eigenvalue weighted by molar-refractivity contribution is 5.92. The largest absolute Gasteiger partial charge is 0.380 e. The van der Waals surface area contributed by atoms with E-state index in [1.165, 1.54) is 11.1 Å². The molecule has 1 aliphatic rings. The Morgan fingerprint density at radius 1 is 1.23 bits per heavy atom. The molecule has 0 atom stereocenters. The number of hydrogen-bond acceptors (Lipinski definition) is 5. The third-order valence-corrected chi connectivity index (χ3v) is 4.39. The SMILES string of the molecule is Cc1cccc(CNc2ccc(C(=O)NCCN3CCOCC3)nc2)c1. The lowest BCUT2D eigenvalue weighted by atomic mass is 10.1. The molecule has 2 heterocycles. The minimum Gasteiger partial charge on any atom is -0.380 e. The zero-order valence-electron chi connectivity index (χ0n) is 15.2. The van der Waals surface area contributed by atoms with Gasteiger partial charge in [0.15, 0.2) is 0 Å². The predicted molar refractivity (Wildman–Crippen MR) is 102 cm³/mol. The topological polar surface area (TPSA) is 66.5 Å². The highest BCUT2D eigenvalue weighted by Gasteiger charge is 2.11. The molecule has 0 aliphatic carbocycles. The molecule has 6 nitrogen and oxygen atoms in total. The van der Waals surface area contributed by atoms with Crippen molar-refractivity contribution in [2.45, 2.75) is 13.5 Å². The van der Waals surface area contributed by atoms with Crippen LogP contribution in [0.25, 0.3) is 0 Å². The Bertz CT molecular complexity index is 712. The van der Waals surface area contributed by atoms with Gasteiger partial charge in [0, 0.05) is 32.7 Å². The molecule has 1 saturated heterocycles. The van der Waals surface area contributed by atoms with Crippen LogP contribution in [-0.4, -0.2) is 55.2 Å². The zero-order valence-corrected chi connectivity index (χ0v) is 15.2. The summed E-state index contributed by atoms with van der Waals surface area (Å²) in [6.45, 7) is 7.66. The maximum atomic E-state index is 12.2. The van der Waals surface area contributed by atoms with Crippen molar-refractivity contribution in [1.82, 2.24) is 15.2 Å². The number of amides is 1. The van der Waals surface area contributed by atoms with Gasteiger partial charge in [0.2, 0.25) is 0 Å². The normalized spacial score (nSPS) is 14.8. The zero-order chi connectivity index (χ0) is 18.2. The van der Waals surface area contributed by atoms with E-state index in [1.807, 2.05) is 6.07 Å². The minimum atomic E-state index is -0.136. The van der Waals surface area contributed by atoms with Gasteiger partial charge in [-0.3, -0.25) is 9.69 Å². The van der Waals surface area contributed by atoms with Crippen LogP contribution < -0.4 is 10.6 Å². The maximum Gasteiger partial charge on any atom is 0.269 e. The van der Waals surface area contributed by atoms with Gasteiger partial charge in [0.25, 0.3) is 5.91 Å². The summed E-state index contributed by atoms with van der Waals surface area (Å²) in [5.41, 5.74) is 3.80. The molecule has 2 aromatic rings. The highest BCUT2D eigenvalue weighted by atomic mass is 16.5. The molecule has 6 heteroatoms. The number of nitrogens with zero attached hydrogens (tertiary/aromatic N) is 2. The van der Waals surface area contributed by atoms with Gasteiger partial charge in [-0.15, -0.1) is 0 Å². The number of aromatic nitrogens is 1. The number of carbonyl (C=O) groups excluding carboxylic acids is 1. The van der Waals surface area contributed by atoms with Crippen LogP contribution in [0.1, 0.15) is 21.6 Å². The van der Waals surface area contributed by atoms with Crippen LogP contribution in [0, 0.1) is 6.92 Å². The second-order valence-corrected chi connectivity index (χ2v) is 6.48. The van der Waals surface area contributed by atoms with E-state index in [-0.39, 0.29) is 5.91 Å². The molecule has 0 spiro atoms. The van der Waals surface area contributed by atoms with E-state index in [0.29, 0.717) is 12.2 Å². The molecule has 0 radical (unpaired) electrons. The van der Waals surface area contributed by atoms with E-state index in [2.05, 4.69) is 51.7 Å². The van der Waals surface area contributed by atoms with Crippen molar-refractivity contribution in [1.29, 1.82) is 0 Å². The van der Waals surface area contributed by atoms with Crippen LogP contribution >= 0.6 is 0 Å². The van der Waals surface area contributed by atoms with E-state index in [1.54, 1.807) is 12.3 Å². The average Bonchev–Trinajstić information content (AvgIpc) is 2.68.